The quantitative estimate of drug-likeness (QED) is 0.677. The fraction of sp³-hybridized carbons (Fsp3) is 0. The largest absolute Gasteiger partial charge is 0.383 e. The Labute approximate surface area is 134 Å². The number of hydrogen-bond donors (Lipinski definition) is 0. The Morgan fingerprint density at radius 3 is 2.26 bits per heavy atom. The highest BCUT2D eigenvalue weighted by Crippen LogP contribution is 2.26. The summed E-state index contributed by atoms with van der Waals surface area (Å²) in [7, 11) is 0. The molecular formula is C16H8N2O4S. The van der Waals surface area contributed by atoms with Crippen molar-refractivity contribution in [1.29, 1.82) is 0 Å². The van der Waals surface area contributed by atoms with Gasteiger partial charge in [-0.2, -0.15) is 4.37 Å². The molecule has 0 radical (unpaired) electrons. The Balaban J connectivity index is 1.65. The summed E-state index contributed by atoms with van der Waals surface area (Å²) >= 11 is 1.15. The normalized spacial score (nSPS) is 13.5. The molecule has 7 heteroatoms. The van der Waals surface area contributed by atoms with Gasteiger partial charge in [-0.05, 0) is 29.7 Å². The number of imide groups is 1. The van der Waals surface area contributed by atoms with Gasteiger partial charge in [-0.3, -0.25) is 9.59 Å². The minimum Gasteiger partial charge on any atom is -0.322 e. The first kappa shape index (κ1) is 13.6. The number of benzene rings is 2. The average Bonchev–Trinajstić information content (AvgIpc) is 3.11. The second-order valence-corrected chi connectivity index (χ2v) is 5.66. The van der Waals surface area contributed by atoms with Crippen LogP contribution in [0.3, 0.4) is 0 Å². The van der Waals surface area contributed by atoms with Crippen LogP contribution in [0.25, 0.3) is 10.1 Å². The molecule has 23 heavy (non-hydrogen) atoms. The highest BCUT2D eigenvalue weighted by Gasteiger charge is 2.39. The summed E-state index contributed by atoms with van der Waals surface area (Å²) in [4.78, 5) is 41.7. The first-order valence-electron chi connectivity index (χ1n) is 6.71. The lowest BCUT2D eigenvalue weighted by molar-refractivity contribution is -0.0586. The molecule has 0 aliphatic carbocycles. The smallest absolute Gasteiger partial charge is 0.322 e. The standard InChI is InChI=1S/C16H8N2O4S/c19-14-9-5-1-2-6-10(9)15(20)18(14)22-16(21)13-11-7-3-4-8-12(11)23-17-13/h1-8H. The van der Waals surface area contributed by atoms with Gasteiger partial charge in [0.15, 0.2) is 5.69 Å². The molecule has 1 aliphatic heterocycles. The van der Waals surface area contributed by atoms with Crippen molar-refractivity contribution in [2.45, 2.75) is 0 Å². The van der Waals surface area contributed by atoms with Crippen molar-refractivity contribution < 1.29 is 19.2 Å². The number of hydroxylamine groups is 2. The van der Waals surface area contributed by atoms with Gasteiger partial charge in [-0.15, -0.1) is 0 Å². The van der Waals surface area contributed by atoms with Gasteiger partial charge in [-0.1, -0.05) is 35.4 Å². The molecule has 4 rings (SSSR count). The number of amides is 2. The topological polar surface area (TPSA) is 76.6 Å². The molecule has 6 nitrogen and oxygen atoms in total. The highest BCUT2D eigenvalue weighted by molar-refractivity contribution is 7.13. The molecule has 3 aromatic rings. The number of aromatic nitrogens is 1. The van der Waals surface area contributed by atoms with Gasteiger partial charge >= 0.3 is 5.97 Å². The molecule has 0 fully saturated rings. The molecule has 112 valence electrons. The van der Waals surface area contributed by atoms with E-state index in [1.54, 1.807) is 24.3 Å². The number of carbonyl (C=O) groups excluding carboxylic acids is 3. The Kier molecular flexibility index (Phi) is 2.95. The van der Waals surface area contributed by atoms with Crippen molar-refractivity contribution >= 4 is 39.4 Å². The molecule has 2 heterocycles. The molecule has 0 atom stereocenters. The van der Waals surface area contributed by atoms with E-state index in [-0.39, 0.29) is 16.8 Å². The van der Waals surface area contributed by atoms with Gasteiger partial charge in [-0.25, -0.2) is 4.79 Å². The monoisotopic (exact) mass is 324 g/mol. The molecule has 2 amide bonds. The molecule has 0 N–H and O–H groups in total. The Hall–Kier alpha value is -3.06. The summed E-state index contributed by atoms with van der Waals surface area (Å²) in [5, 5.41) is 1.11. The van der Waals surface area contributed by atoms with E-state index in [4.69, 9.17) is 4.84 Å². The van der Waals surface area contributed by atoms with E-state index in [9.17, 15) is 14.4 Å². The van der Waals surface area contributed by atoms with Crippen molar-refractivity contribution in [3.8, 4) is 0 Å². The van der Waals surface area contributed by atoms with Crippen LogP contribution in [0, 0.1) is 0 Å². The minimum absolute atomic E-state index is 0.0853. The lowest BCUT2D eigenvalue weighted by atomic mass is 10.1. The van der Waals surface area contributed by atoms with Crippen LogP contribution in [0.5, 0.6) is 0 Å². The zero-order chi connectivity index (χ0) is 16.0. The summed E-state index contributed by atoms with van der Waals surface area (Å²) in [6.07, 6.45) is 0. The van der Waals surface area contributed by atoms with Crippen LogP contribution < -0.4 is 0 Å². The van der Waals surface area contributed by atoms with E-state index in [0.29, 0.717) is 10.4 Å². The minimum atomic E-state index is -0.836. The van der Waals surface area contributed by atoms with E-state index in [0.717, 1.165) is 16.2 Å². The molecule has 0 saturated carbocycles. The van der Waals surface area contributed by atoms with Gasteiger partial charge in [0.1, 0.15) is 0 Å². The van der Waals surface area contributed by atoms with Crippen molar-refractivity contribution in [1.82, 2.24) is 9.44 Å². The fourth-order valence-electron chi connectivity index (χ4n) is 2.41. The molecule has 0 spiro atoms. The van der Waals surface area contributed by atoms with Crippen LogP contribution in [-0.2, 0) is 4.84 Å². The van der Waals surface area contributed by atoms with Crippen LogP contribution in [0.2, 0.25) is 0 Å². The maximum absolute atomic E-state index is 12.3. The third kappa shape index (κ3) is 2.01. The Morgan fingerprint density at radius 1 is 0.957 bits per heavy atom. The van der Waals surface area contributed by atoms with Gasteiger partial charge in [0.05, 0.1) is 15.8 Å². The van der Waals surface area contributed by atoms with Crippen molar-refractivity contribution in [3.05, 3.63) is 65.4 Å². The second-order valence-electron chi connectivity index (χ2n) is 4.86. The van der Waals surface area contributed by atoms with E-state index >= 15 is 0 Å². The number of hydrogen-bond acceptors (Lipinski definition) is 6. The lowest BCUT2D eigenvalue weighted by Gasteiger charge is -2.11. The molecule has 1 aliphatic rings. The molecule has 0 bridgehead atoms. The van der Waals surface area contributed by atoms with Crippen LogP contribution in [-0.4, -0.2) is 27.2 Å². The number of fused-ring (bicyclic) bond motifs is 2. The predicted octanol–water partition coefficient (Wildman–Crippen LogP) is 2.66. The summed E-state index contributed by atoms with van der Waals surface area (Å²) in [5.41, 5.74) is 0.518. The maximum Gasteiger partial charge on any atom is 0.383 e. The Morgan fingerprint density at radius 2 is 1.57 bits per heavy atom. The third-order valence-corrected chi connectivity index (χ3v) is 4.33. The van der Waals surface area contributed by atoms with Crippen LogP contribution in [0.4, 0.5) is 0 Å². The number of rotatable bonds is 2. The van der Waals surface area contributed by atoms with Crippen molar-refractivity contribution in [2.24, 2.45) is 0 Å². The van der Waals surface area contributed by atoms with Crippen molar-refractivity contribution in [3.63, 3.8) is 0 Å². The summed E-state index contributed by atoms with van der Waals surface area (Å²) in [5.74, 6) is -2.14. The summed E-state index contributed by atoms with van der Waals surface area (Å²) in [6, 6.07) is 13.5. The SMILES string of the molecule is O=C(ON1C(=O)c2ccccc2C1=O)c1nsc2ccccc12. The third-order valence-electron chi connectivity index (χ3n) is 3.50. The van der Waals surface area contributed by atoms with E-state index in [2.05, 4.69) is 4.37 Å². The fourth-order valence-corrected chi connectivity index (χ4v) is 3.17. The zero-order valence-corrected chi connectivity index (χ0v) is 12.4. The van der Waals surface area contributed by atoms with E-state index in [1.165, 1.54) is 12.1 Å². The maximum atomic E-state index is 12.3. The summed E-state index contributed by atoms with van der Waals surface area (Å²) in [6.45, 7) is 0. The molecular weight excluding hydrogens is 316 g/mol. The van der Waals surface area contributed by atoms with Gasteiger partial charge in [0.25, 0.3) is 11.8 Å². The van der Waals surface area contributed by atoms with Gasteiger partial charge in [0, 0.05) is 5.39 Å². The van der Waals surface area contributed by atoms with Crippen LogP contribution in [0.15, 0.2) is 48.5 Å². The highest BCUT2D eigenvalue weighted by atomic mass is 32.1. The average molecular weight is 324 g/mol. The molecule has 1 aromatic heterocycles. The number of nitrogens with zero attached hydrogens (tertiary/aromatic N) is 2. The molecule has 2 aromatic carbocycles. The van der Waals surface area contributed by atoms with Gasteiger partial charge in [0.2, 0.25) is 0 Å². The number of carbonyl (C=O) groups is 3. The van der Waals surface area contributed by atoms with E-state index < -0.39 is 17.8 Å². The lowest BCUT2D eigenvalue weighted by Crippen LogP contribution is -2.32. The molecule has 0 saturated heterocycles. The first-order chi connectivity index (χ1) is 11.2. The van der Waals surface area contributed by atoms with Gasteiger partial charge < -0.3 is 4.84 Å². The van der Waals surface area contributed by atoms with Crippen molar-refractivity contribution in [2.75, 3.05) is 0 Å². The second kappa shape index (κ2) is 4.99. The van der Waals surface area contributed by atoms with Crippen LogP contribution >= 0.6 is 11.5 Å². The Bertz CT molecular complexity index is 944. The summed E-state index contributed by atoms with van der Waals surface area (Å²) < 4.78 is 4.88. The predicted molar refractivity (Wildman–Crippen MR) is 82.0 cm³/mol. The van der Waals surface area contributed by atoms with Crippen LogP contribution in [0.1, 0.15) is 31.2 Å². The zero-order valence-electron chi connectivity index (χ0n) is 11.6. The molecule has 0 unspecified atom stereocenters. The first-order valence-corrected chi connectivity index (χ1v) is 7.48. The van der Waals surface area contributed by atoms with E-state index in [1.807, 2.05) is 12.1 Å².